The Bertz CT molecular complexity index is 607. The van der Waals surface area contributed by atoms with Gasteiger partial charge in [-0.2, -0.15) is 5.10 Å². The van der Waals surface area contributed by atoms with Gasteiger partial charge in [0.25, 0.3) is 0 Å². The number of rotatable bonds is 3. The Hall–Kier alpha value is -1.95. The molecule has 18 heavy (non-hydrogen) atoms. The molecule has 0 amide bonds. The number of nitrogens with zero attached hydrogens (tertiary/aromatic N) is 4. The fourth-order valence-corrected chi connectivity index (χ4v) is 2.11. The van der Waals surface area contributed by atoms with Gasteiger partial charge in [0.05, 0.1) is 11.9 Å². The molecule has 0 aromatic carbocycles. The Kier molecular flexibility index (Phi) is 2.52. The molecule has 0 unspecified atom stereocenters. The van der Waals surface area contributed by atoms with Gasteiger partial charge in [-0.05, 0) is 12.8 Å². The van der Waals surface area contributed by atoms with Crippen molar-refractivity contribution in [1.82, 2.24) is 19.7 Å². The SMILES string of the molecule is O=C(O)c1c(C2CC2)nn(-c2cnccn2)c1Cl. The molecule has 2 aromatic rings. The van der Waals surface area contributed by atoms with E-state index >= 15 is 0 Å². The zero-order valence-corrected chi connectivity index (χ0v) is 10.0. The number of hydrogen-bond donors (Lipinski definition) is 1. The second-order valence-corrected chi connectivity index (χ2v) is 4.46. The first-order valence-corrected chi connectivity index (χ1v) is 5.84. The highest BCUT2D eigenvalue weighted by Crippen LogP contribution is 2.42. The Morgan fingerprint density at radius 2 is 2.22 bits per heavy atom. The number of hydrogen-bond acceptors (Lipinski definition) is 4. The summed E-state index contributed by atoms with van der Waals surface area (Å²) in [6.45, 7) is 0. The van der Waals surface area contributed by atoms with E-state index in [2.05, 4.69) is 15.1 Å². The van der Waals surface area contributed by atoms with Gasteiger partial charge in [0.2, 0.25) is 0 Å². The standard InChI is InChI=1S/C11H9ClN4O2/c12-10-8(11(17)18)9(6-1-2-6)15-16(10)7-5-13-3-4-14-7/h3-6H,1-2H2,(H,17,18). The van der Waals surface area contributed by atoms with Crippen LogP contribution in [0.1, 0.15) is 34.8 Å². The lowest BCUT2D eigenvalue weighted by molar-refractivity contribution is 0.0696. The lowest BCUT2D eigenvalue weighted by atomic mass is 10.2. The largest absolute Gasteiger partial charge is 0.478 e. The summed E-state index contributed by atoms with van der Waals surface area (Å²) < 4.78 is 1.33. The van der Waals surface area contributed by atoms with Crippen LogP contribution in [0.25, 0.3) is 5.82 Å². The minimum atomic E-state index is -1.06. The fraction of sp³-hybridized carbons (Fsp3) is 0.273. The van der Waals surface area contributed by atoms with E-state index in [1.165, 1.54) is 23.3 Å². The summed E-state index contributed by atoms with van der Waals surface area (Å²) in [4.78, 5) is 19.2. The second-order valence-electron chi connectivity index (χ2n) is 4.11. The van der Waals surface area contributed by atoms with Crippen LogP contribution in [-0.2, 0) is 0 Å². The van der Waals surface area contributed by atoms with Crippen molar-refractivity contribution in [3.05, 3.63) is 35.0 Å². The number of aromatic nitrogens is 4. The van der Waals surface area contributed by atoms with Gasteiger partial charge in [-0.25, -0.2) is 14.5 Å². The first kappa shape index (κ1) is 11.2. The summed E-state index contributed by atoms with van der Waals surface area (Å²) in [5, 5.41) is 13.5. The van der Waals surface area contributed by atoms with E-state index in [0.717, 1.165) is 12.8 Å². The molecule has 2 aromatic heterocycles. The Morgan fingerprint density at radius 1 is 1.44 bits per heavy atom. The van der Waals surface area contributed by atoms with Crippen LogP contribution >= 0.6 is 11.6 Å². The van der Waals surface area contributed by atoms with Gasteiger partial charge in [-0.15, -0.1) is 0 Å². The zero-order valence-electron chi connectivity index (χ0n) is 9.25. The highest BCUT2D eigenvalue weighted by Gasteiger charge is 2.34. The number of aromatic carboxylic acids is 1. The molecule has 0 radical (unpaired) electrons. The summed E-state index contributed by atoms with van der Waals surface area (Å²) >= 11 is 6.08. The average molecular weight is 265 g/mol. The van der Waals surface area contributed by atoms with Gasteiger partial charge in [-0.1, -0.05) is 11.6 Å². The fourth-order valence-electron chi connectivity index (χ4n) is 1.81. The van der Waals surface area contributed by atoms with Crippen LogP contribution in [0, 0.1) is 0 Å². The van der Waals surface area contributed by atoms with Crippen LogP contribution in [0.2, 0.25) is 5.15 Å². The molecular weight excluding hydrogens is 256 g/mol. The van der Waals surface area contributed by atoms with Crippen LogP contribution in [0.15, 0.2) is 18.6 Å². The van der Waals surface area contributed by atoms with Gasteiger partial charge in [-0.3, -0.25) is 4.98 Å². The van der Waals surface area contributed by atoms with E-state index in [9.17, 15) is 9.90 Å². The van der Waals surface area contributed by atoms with Gasteiger partial charge in [0.1, 0.15) is 10.7 Å². The molecule has 0 spiro atoms. The Morgan fingerprint density at radius 3 is 2.78 bits per heavy atom. The molecule has 92 valence electrons. The van der Waals surface area contributed by atoms with Crippen LogP contribution in [-0.4, -0.2) is 30.8 Å². The molecule has 0 saturated heterocycles. The topological polar surface area (TPSA) is 80.9 Å². The molecule has 6 nitrogen and oxygen atoms in total. The molecular formula is C11H9ClN4O2. The van der Waals surface area contributed by atoms with Crippen molar-refractivity contribution in [2.24, 2.45) is 0 Å². The molecule has 7 heteroatoms. The van der Waals surface area contributed by atoms with Crippen molar-refractivity contribution in [1.29, 1.82) is 0 Å². The van der Waals surface area contributed by atoms with Gasteiger partial charge in [0.15, 0.2) is 5.82 Å². The first-order valence-electron chi connectivity index (χ1n) is 5.46. The van der Waals surface area contributed by atoms with E-state index in [4.69, 9.17) is 11.6 Å². The second kappa shape index (κ2) is 4.06. The summed E-state index contributed by atoms with van der Waals surface area (Å²) in [7, 11) is 0. The lowest BCUT2D eigenvalue weighted by Crippen LogP contribution is -2.01. The third kappa shape index (κ3) is 1.74. The summed E-state index contributed by atoms with van der Waals surface area (Å²) in [6.07, 6.45) is 6.43. The van der Waals surface area contributed by atoms with E-state index in [-0.39, 0.29) is 16.6 Å². The number of carbonyl (C=O) groups is 1. The predicted molar refractivity (Wildman–Crippen MR) is 63.1 cm³/mol. The van der Waals surface area contributed by atoms with Crippen molar-refractivity contribution in [3.8, 4) is 5.82 Å². The smallest absolute Gasteiger partial charge is 0.340 e. The number of carboxylic acids is 1. The van der Waals surface area contributed by atoms with Crippen molar-refractivity contribution in [2.75, 3.05) is 0 Å². The molecule has 3 rings (SSSR count). The summed E-state index contributed by atoms with van der Waals surface area (Å²) in [6, 6.07) is 0. The number of carboxylic acid groups (broad SMARTS) is 1. The van der Waals surface area contributed by atoms with Crippen molar-refractivity contribution >= 4 is 17.6 Å². The lowest BCUT2D eigenvalue weighted by Gasteiger charge is -1.99. The maximum atomic E-state index is 11.2. The van der Waals surface area contributed by atoms with E-state index in [1.807, 2.05) is 0 Å². The van der Waals surface area contributed by atoms with E-state index < -0.39 is 5.97 Å². The maximum absolute atomic E-state index is 11.2. The third-order valence-electron chi connectivity index (χ3n) is 2.80. The molecule has 1 N–H and O–H groups in total. The van der Waals surface area contributed by atoms with Crippen molar-refractivity contribution in [3.63, 3.8) is 0 Å². The Balaban J connectivity index is 2.17. The normalized spacial score (nSPS) is 14.7. The van der Waals surface area contributed by atoms with Crippen LogP contribution in [0.5, 0.6) is 0 Å². The minimum absolute atomic E-state index is 0.0739. The van der Waals surface area contributed by atoms with Crippen molar-refractivity contribution < 1.29 is 9.90 Å². The monoisotopic (exact) mass is 264 g/mol. The van der Waals surface area contributed by atoms with Crippen LogP contribution < -0.4 is 0 Å². The van der Waals surface area contributed by atoms with E-state index in [1.54, 1.807) is 0 Å². The van der Waals surface area contributed by atoms with Crippen LogP contribution in [0.3, 0.4) is 0 Å². The number of halogens is 1. The quantitative estimate of drug-likeness (QED) is 0.916. The molecule has 0 bridgehead atoms. The minimum Gasteiger partial charge on any atom is -0.478 e. The highest BCUT2D eigenvalue weighted by molar-refractivity contribution is 6.33. The molecule has 0 aliphatic heterocycles. The molecule has 1 saturated carbocycles. The molecule has 1 aliphatic carbocycles. The predicted octanol–water partition coefficient (Wildman–Crippen LogP) is 1.89. The molecule has 0 atom stereocenters. The summed E-state index contributed by atoms with van der Waals surface area (Å²) in [5.41, 5.74) is 0.614. The van der Waals surface area contributed by atoms with Gasteiger partial charge >= 0.3 is 5.97 Å². The zero-order chi connectivity index (χ0) is 12.7. The van der Waals surface area contributed by atoms with Gasteiger partial charge in [0, 0.05) is 18.3 Å². The highest BCUT2D eigenvalue weighted by atomic mass is 35.5. The Labute approximate surface area is 107 Å². The first-order chi connectivity index (χ1) is 8.68. The average Bonchev–Trinajstić information content (AvgIpc) is 3.14. The maximum Gasteiger partial charge on any atom is 0.340 e. The van der Waals surface area contributed by atoms with Crippen molar-refractivity contribution in [2.45, 2.75) is 18.8 Å². The van der Waals surface area contributed by atoms with Gasteiger partial charge < -0.3 is 5.11 Å². The van der Waals surface area contributed by atoms with E-state index in [0.29, 0.717) is 11.5 Å². The third-order valence-corrected chi connectivity index (χ3v) is 3.15. The molecule has 1 fully saturated rings. The molecule has 2 heterocycles. The summed E-state index contributed by atoms with van der Waals surface area (Å²) in [5.74, 6) is -0.444. The van der Waals surface area contributed by atoms with Crippen LogP contribution in [0.4, 0.5) is 0 Å². The molecule has 1 aliphatic rings.